The van der Waals surface area contributed by atoms with Gasteiger partial charge in [0, 0.05) is 0 Å². The molecule has 0 aromatic heterocycles. The number of aryl methyl sites for hydroxylation is 2. The van der Waals surface area contributed by atoms with Crippen molar-refractivity contribution in [3.8, 4) is 0 Å². The van der Waals surface area contributed by atoms with E-state index in [2.05, 4.69) is 92.7 Å². The first-order chi connectivity index (χ1) is 10.8. The van der Waals surface area contributed by atoms with Gasteiger partial charge in [0.1, 0.15) is 0 Å². The molecule has 0 spiro atoms. The van der Waals surface area contributed by atoms with Gasteiger partial charge in [-0.2, -0.15) is 0 Å². The van der Waals surface area contributed by atoms with Crippen LogP contribution in [0.25, 0.3) is 0 Å². The zero-order chi connectivity index (χ0) is 15.4. The van der Waals surface area contributed by atoms with Gasteiger partial charge in [-0.05, 0) is 0 Å². The summed E-state index contributed by atoms with van der Waals surface area (Å²) in [5, 5.41) is 0. The van der Waals surface area contributed by atoms with E-state index in [0.29, 0.717) is 0 Å². The number of rotatable bonds is 4. The van der Waals surface area contributed by atoms with Crippen LogP contribution in [0.15, 0.2) is 78.9 Å². The zero-order valence-corrected chi connectivity index (χ0v) is 16.6. The summed E-state index contributed by atoms with van der Waals surface area (Å²) in [5.74, 6) is 0. The molecular formula is C21H22Sn. The summed E-state index contributed by atoms with van der Waals surface area (Å²) in [6.45, 7) is 4.53. The van der Waals surface area contributed by atoms with Crippen LogP contribution in [-0.2, 0) is 6.42 Å². The Balaban J connectivity index is 2.22. The van der Waals surface area contributed by atoms with Crippen molar-refractivity contribution in [2.75, 3.05) is 0 Å². The first-order valence-electron chi connectivity index (χ1n) is 7.99. The Kier molecular flexibility index (Phi) is 4.99. The molecule has 1 atom stereocenters. The summed E-state index contributed by atoms with van der Waals surface area (Å²) in [6, 6.07) is 29.2. The van der Waals surface area contributed by atoms with Crippen LogP contribution in [0.5, 0.6) is 0 Å². The number of benzene rings is 3. The third-order valence-electron chi connectivity index (χ3n) is 4.38. The van der Waals surface area contributed by atoms with E-state index in [0.717, 1.165) is 6.42 Å². The monoisotopic (exact) mass is 394 g/mol. The molecule has 0 heterocycles. The molecule has 0 fully saturated rings. The molecule has 0 amide bonds. The maximum absolute atomic E-state index is 2.37. The topological polar surface area (TPSA) is 0 Å². The molecule has 0 nitrogen and oxygen atoms in total. The maximum atomic E-state index is 2.37. The van der Waals surface area contributed by atoms with E-state index in [1.165, 1.54) is 11.1 Å². The van der Waals surface area contributed by atoms with Gasteiger partial charge in [-0.25, -0.2) is 0 Å². The second-order valence-electron chi connectivity index (χ2n) is 5.75. The van der Waals surface area contributed by atoms with Crippen molar-refractivity contribution in [1.29, 1.82) is 0 Å². The number of hydrogen-bond acceptors (Lipinski definition) is 0. The van der Waals surface area contributed by atoms with E-state index in [1.54, 1.807) is 10.7 Å². The van der Waals surface area contributed by atoms with Crippen LogP contribution < -0.4 is 10.7 Å². The second-order valence-corrected chi connectivity index (χ2v) is 13.7. The Labute approximate surface area is 140 Å². The normalized spacial score (nSPS) is 12.1. The first-order valence-corrected chi connectivity index (χ1v) is 12.9. The molecule has 0 N–H and O–H groups in total. The minimum absolute atomic E-state index is 1.11. The van der Waals surface area contributed by atoms with Gasteiger partial charge in [0.15, 0.2) is 0 Å². The average molecular weight is 393 g/mol. The van der Waals surface area contributed by atoms with Gasteiger partial charge in [0.2, 0.25) is 0 Å². The fraction of sp³-hybridized carbons (Fsp3) is 0.143. The minimum atomic E-state index is -2.28. The molecule has 1 unspecified atom stereocenters. The van der Waals surface area contributed by atoms with E-state index >= 15 is 0 Å². The summed E-state index contributed by atoms with van der Waals surface area (Å²) in [4.78, 5) is 0. The Morgan fingerprint density at radius 2 is 1.27 bits per heavy atom. The molecule has 0 aliphatic rings. The summed E-state index contributed by atoms with van der Waals surface area (Å²) in [7, 11) is 0. The zero-order valence-electron chi connectivity index (χ0n) is 13.3. The number of hydrogen-bond donors (Lipinski definition) is 0. The van der Waals surface area contributed by atoms with E-state index in [9.17, 15) is 0 Å². The summed E-state index contributed by atoms with van der Waals surface area (Å²) in [6.07, 6.45) is 1.11. The van der Waals surface area contributed by atoms with Gasteiger partial charge in [-0.3, -0.25) is 0 Å². The van der Waals surface area contributed by atoms with Crippen molar-refractivity contribution in [3.05, 3.63) is 90.0 Å². The molecule has 0 radical (unpaired) electrons. The van der Waals surface area contributed by atoms with Crippen LogP contribution in [0.4, 0.5) is 0 Å². The van der Waals surface area contributed by atoms with Gasteiger partial charge in [0.05, 0.1) is 0 Å². The predicted octanol–water partition coefficient (Wildman–Crippen LogP) is 2.81. The van der Waals surface area contributed by atoms with Gasteiger partial charge >= 0.3 is 141 Å². The Morgan fingerprint density at radius 1 is 0.682 bits per heavy atom. The van der Waals surface area contributed by atoms with Gasteiger partial charge in [-0.1, -0.05) is 0 Å². The Morgan fingerprint density at radius 3 is 1.95 bits per heavy atom. The molecule has 0 saturated heterocycles. The van der Waals surface area contributed by atoms with E-state index in [-0.39, 0.29) is 0 Å². The van der Waals surface area contributed by atoms with Crippen molar-refractivity contribution in [2.24, 2.45) is 0 Å². The van der Waals surface area contributed by atoms with Crippen molar-refractivity contribution in [1.82, 2.24) is 0 Å². The van der Waals surface area contributed by atoms with Crippen molar-refractivity contribution < 1.29 is 0 Å². The van der Waals surface area contributed by atoms with Gasteiger partial charge < -0.3 is 0 Å². The van der Waals surface area contributed by atoms with Gasteiger partial charge in [-0.15, -0.1) is 0 Å². The Bertz CT molecular complexity index is 747. The molecule has 0 aliphatic carbocycles. The molecule has 3 aromatic rings. The third kappa shape index (κ3) is 3.12. The summed E-state index contributed by atoms with van der Waals surface area (Å²) < 4.78 is 4.81. The molecule has 0 bridgehead atoms. The van der Waals surface area contributed by atoms with Crippen LogP contribution >= 0.6 is 0 Å². The molecule has 22 heavy (non-hydrogen) atoms. The fourth-order valence-electron chi connectivity index (χ4n) is 3.22. The van der Waals surface area contributed by atoms with Crippen LogP contribution in [0.2, 0.25) is 0 Å². The molecule has 3 aromatic carbocycles. The van der Waals surface area contributed by atoms with E-state index < -0.39 is 19.8 Å². The third-order valence-corrected chi connectivity index (χ3v) is 14.4. The second kappa shape index (κ2) is 7.15. The molecule has 1 heteroatoms. The van der Waals surface area contributed by atoms with Crippen molar-refractivity contribution in [2.45, 2.75) is 20.3 Å². The van der Waals surface area contributed by atoms with E-state index in [1.807, 2.05) is 0 Å². The summed E-state index contributed by atoms with van der Waals surface area (Å²) >= 11 is -2.28. The van der Waals surface area contributed by atoms with Gasteiger partial charge in [0.25, 0.3) is 0 Å². The molecule has 3 rings (SSSR count). The first kappa shape index (κ1) is 15.4. The van der Waals surface area contributed by atoms with Crippen LogP contribution in [-0.4, -0.2) is 19.8 Å². The quantitative estimate of drug-likeness (QED) is 0.599. The molecule has 0 aliphatic heterocycles. The molecule has 110 valence electrons. The fourth-order valence-corrected chi connectivity index (χ4v) is 13.2. The Hall–Kier alpha value is -1.54. The SMILES string of the molecule is CCc1cccc[c]1[SnH]([c]1ccccc1)[c]1ccccc1C. The van der Waals surface area contributed by atoms with Crippen LogP contribution in [0, 0.1) is 6.92 Å². The van der Waals surface area contributed by atoms with Crippen LogP contribution in [0.1, 0.15) is 18.1 Å². The van der Waals surface area contributed by atoms with Crippen molar-refractivity contribution >= 4 is 30.5 Å². The van der Waals surface area contributed by atoms with Crippen molar-refractivity contribution in [3.63, 3.8) is 0 Å². The predicted molar refractivity (Wildman–Crippen MR) is 99.5 cm³/mol. The van der Waals surface area contributed by atoms with E-state index in [4.69, 9.17) is 0 Å². The van der Waals surface area contributed by atoms with Crippen LogP contribution in [0.3, 0.4) is 0 Å². The average Bonchev–Trinajstić information content (AvgIpc) is 2.58. The molecular weight excluding hydrogens is 371 g/mol. The molecule has 0 saturated carbocycles. The standard InChI is InChI=1S/C8H9.C7H7.C6H5.Sn.H/c1-2-8-6-4-3-5-7-8;1-7-5-3-2-4-6-7;1-2-4-6-5-3-1;;/h3-6H,2H2,1H3;2-5H,1H3;1-5H;;. The summed E-state index contributed by atoms with van der Waals surface area (Å²) in [5.41, 5.74) is 2.97.